The van der Waals surface area contributed by atoms with E-state index in [1.54, 1.807) is 5.57 Å². The summed E-state index contributed by atoms with van der Waals surface area (Å²) in [5.74, 6) is 5.16. The minimum atomic E-state index is -0.0773. The van der Waals surface area contributed by atoms with Gasteiger partial charge in [0.15, 0.2) is 0 Å². The average Bonchev–Trinajstić information content (AvgIpc) is 3.08. The zero-order valence-corrected chi connectivity index (χ0v) is 21.6. The fourth-order valence-corrected chi connectivity index (χ4v) is 9.28. The molecule has 1 heteroatoms. The van der Waals surface area contributed by atoms with Gasteiger partial charge in [0.2, 0.25) is 0 Å². The van der Waals surface area contributed by atoms with Crippen molar-refractivity contribution in [2.75, 3.05) is 0 Å². The van der Waals surface area contributed by atoms with E-state index in [1.165, 1.54) is 51.4 Å². The third-order valence-corrected chi connectivity index (χ3v) is 11.3. The van der Waals surface area contributed by atoms with E-state index < -0.39 is 0 Å². The van der Waals surface area contributed by atoms with Crippen LogP contribution in [0, 0.1) is 52.3 Å². The molecule has 0 radical (unpaired) electrons. The van der Waals surface area contributed by atoms with Gasteiger partial charge in [-0.2, -0.15) is 0 Å². The van der Waals surface area contributed by atoms with E-state index in [4.69, 9.17) is 0 Å². The molecule has 4 rings (SSSR count). The van der Waals surface area contributed by atoms with E-state index in [1.807, 2.05) is 5.57 Å². The lowest BCUT2D eigenvalue weighted by atomic mass is 9.46. The summed E-state index contributed by atoms with van der Waals surface area (Å²) in [4.78, 5) is 0. The molecule has 4 aliphatic carbocycles. The number of aliphatic hydroxyl groups excluding tert-OH is 1. The van der Waals surface area contributed by atoms with Gasteiger partial charge < -0.3 is 5.11 Å². The normalized spacial score (nSPS) is 46.2. The van der Waals surface area contributed by atoms with Gasteiger partial charge in [0.25, 0.3) is 0 Å². The van der Waals surface area contributed by atoms with E-state index in [0.717, 1.165) is 30.1 Å². The zero-order valence-electron chi connectivity index (χ0n) is 21.6. The van der Waals surface area contributed by atoms with Gasteiger partial charge in [0, 0.05) is 0 Å². The summed E-state index contributed by atoms with van der Waals surface area (Å²) >= 11 is 0. The van der Waals surface area contributed by atoms with Gasteiger partial charge in [-0.15, -0.1) is 0 Å². The Morgan fingerprint density at radius 1 is 1.06 bits per heavy atom. The minimum absolute atomic E-state index is 0.0773. The topological polar surface area (TPSA) is 20.2 Å². The van der Waals surface area contributed by atoms with E-state index in [2.05, 4.69) is 60.6 Å². The van der Waals surface area contributed by atoms with Crippen molar-refractivity contribution in [2.45, 2.75) is 112 Å². The summed E-state index contributed by atoms with van der Waals surface area (Å²) in [6, 6.07) is 0. The Kier molecular flexibility index (Phi) is 6.59. The van der Waals surface area contributed by atoms with E-state index in [-0.39, 0.29) is 6.10 Å². The molecule has 0 aromatic heterocycles. The van der Waals surface area contributed by atoms with Crippen LogP contribution < -0.4 is 0 Å². The van der Waals surface area contributed by atoms with Crippen molar-refractivity contribution in [3.05, 3.63) is 23.3 Å². The lowest BCUT2D eigenvalue weighted by Crippen LogP contribution is -2.52. The van der Waals surface area contributed by atoms with Crippen molar-refractivity contribution in [3.63, 3.8) is 0 Å². The van der Waals surface area contributed by atoms with Crippen LogP contribution in [0.4, 0.5) is 0 Å². The Morgan fingerprint density at radius 2 is 1.74 bits per heavy atom. The van der Waals surface area contributed by atoms with E-state index in [0.29, 0.717) is 28.6 Å². The fraction of sp³-hybridized carbons (Fsp3) is 0.867. The Morgan fingerprint density at radius 3 is 2.42 bits per heavy atom. The molecule has 0 bridgehead atoms. The number of hydrogen-bond acceptors (Lipinski definition) is 1. The highest BCUT2D eigenvalue weighted by atomic mass is 16.3. The van der Waals surface area contributed by atoms with E-state index in [9.17, 15) is 5.11 Å². The average molecular weight is 427 g/mol. The van der Waals surface area contributed by atoms with Crippen LogP contribution in [-0.4, -0.2) is 11.2 Å². The van der Waals surface area contributed by atoms with Crippen LogP contribution in [0.1, 0.15) is 106 Å². The van der Waals surface area contributed by atoms with Crippen LogP contribution in [0.5, 0.6) is 0 Å². The predicted octanol–water partition coefficient (Wildman–Crippen LogP) is 8.19. The summed E-state index contributed by atoms with van der Waals surface area (Å²) in [6.45, 7) is 17.1. The molecule has 0 aliphatic heterocycles. The minimum Gasteiger partial charge on any atom is -0.393 e. The van der Waals surface area contributed by atoms with Crippen LogP contribution >= 0.6 is 0 Å². The summed E-state index contributed by atoms with van der Waals surface area (Å²) in [5, 5.41) is 10.5. The van der Waals surface area contributed by atoms with Crippen LogP contribution in [-0.2, 0) is 0 Å². The van der Waals surface area contributed by atoms with Crippen molar-refractivity contribution in [3.8, 4) is 0 Å². The summed E-state index contributed by atoms with van der Waals surface area (Å²) in [6.07, 6.45) is 16.8. The maximum atomic E-state index is 10.5. The highest BCUT2D eigenvalue weighted by Crippen LogP contribution is 2.67. The first-order valence-electron chi connectivity index (χ1n) is 13.7. The van der Waals surface area contributed by atoms with Gasteiger partial charge in [-0.1, -0.05) is 64.8 Å². The second-order valence-corrected chi connectivity index (χ2v) is 12.9. The lowest BCUT2D eigenvalue weighted by Gasteiger charge is -2.59. The monoisotopic (exact) mass is 426 g/mol. The first kappa shape index (κ1) is 23.6. The molecular weight excluding hydrogens is 376 g/mol. The van der Waals surface area contributed by atoms with Crippen LogP contribution in [0.2, 0.25) is 0 Å². The van der Waals surface area contributed by atoms with Gasteiger partial charge in [0.05, 0.1) is 6.10 Å². The largest absolute Gasteiger partial charge is 0.393 e. The molecular formula is C30H50O. The molecule has 3 saturated carbocycles. The number of fused-ring (bicyclic) bond motifs is 5. The van der Waals surface area contributed by atoms with Crippen molar-refractivity contribution >= 4 is 0 Å². The van der Waals surface area contributed by atoms with Gasteiger partial charge in [-0.05, 0) is 117 Å². The van der Waals surface area contributed by atoms with Crippen LogP contribution in [0.3, 0.4) is 0 Å². The van der Waals surface area contributed by atoms with Gasteiger partial charge in [-0.25, -0.2) is 0 Å². The molecule has 0 aromatic carbocycles. The van der Waals surface area contributed by atoms with Crippen molar-refractivity contribution < 1.29 is 5.11 Å². The predicted molar refractivity (Wildman–Crippen MR) is 133 cm³/mol. The summed E-state index contributed by atoms with van der Waals surface area (Å²) < 4.78 is 0. The Bertz CT molecular complexity index is 716. The highest BCUT2D eigenvalue weighted by Gasteiger charge is 2.59. The molecule has 31 heavy (non-hydrogen) atoms. The molecule has 1 nitrogen and oxygen atoms in total. The maximum absolute atomic E-state index is 10.5. The molecule has 0 unspecified atom stereocenters. The number of rotatable bonds is 5. The molecule has 0 amide bonds. The SMILES string of the molecule is C/C=C(/CC[C@@H](C)[C@H]1CC[C@H]2C3=CC[C@H]4[C@H](C)[C@@H](O)CC[C@]4(C)[C@@H]3CC[C@]12C)C(C)C. The second kappa shape index (κ2) is 8.66. The molecule has 3 fully saturated rings. The standard InChI is InChI=1S/C30H50O/c1-8-22(19(2)3)10-9-20(4)24-13-14-26-23-11-12-25-21(5)28(31)16-18-30(25,7)27(23)15-17-29(24,26)6/h8,11,19-21,24-28,31H,9-10,12-18H2,1-7H3/b22-8-/t20-,21+,24-,25+,26+,27-,28+,29-,30+/m1/s1. The number of hydrogen-bond donors (Lipinski definition) is 1. The van der Waals surface area contributed by atoms with Crippen LogP contribution in [0.25, 0.3) is 0 Å². The highest BCUT2D eigenvalue weighted by molar-refractivity contribution is 5.28. The lowest BCUT2D eigenvalue weighted by molar-refractivity contribution is -0.0773. The molecule has 0 aromatic rings. The Labute approximate surface area is 193 Å². The zero-order chi connectivity index (χ0) is 22.6. The van der Waals surface area contributed by atoms with E-state index >= 15 is 0 Å². The number of allylic oxidation sites excluding steroid dienone is 4. The van der Waals surface area contributed by atoms with Crippen molar-refractivity contribution in [1.82, 2.24) is 0 Å². The Hall–Kier alpha value is -0.560. The van der Waals surface area contributed by atoms with Gasteiger partial charge >= 0.3 is 0 Å². The van der Waals surface area contributed by atoms with Gasteiger partial charge in [-0.3, -0.25) is 0 Å². The second-order valence-electron chi connectivity index (χ2n) is 12.9. The molecule has 9 atom stereocenters. The third-order valence-electron chi connectivity index (χ3n) is 11.3. The Balaban J connectivity index is 1.51. The molecule has 0 spiro atoms. The summed E-state index contributed by atoms with van der Waals surface area (Å²) in [5.41, 5.74) is 4.45. The first-order chi connectivity index (χ1) is 14.6. The van der Waals surface area contributed by atoms with Gasteiger partial charge in [0.1, 0.15) is 0 Å². The molecule has 0 saturated heterocycles. The molecule has 4 aliphatic rings. The summed E-state index contributed by atoms with van der Waals surface area (Å²) in [7, 11) is 0. The van der Waals surface area contributed by atoms with Crippen molar-refractivity contribution in [2.24, 2.45) is 52.3 Å². The molecule has 1 N–H and O–H groups in total. The van der Waals surface area contributed by atoms with Crippen LogP contribution in [0.15, 0.2) is 23.3 Å². The molecule has 0 heterocycles. The third kappa shape index (κ3) is 3.79. The first-order valence-corrected chi connectivity index (χ1v) is 13.7. The molecule has 176 valence electrons. The van der Waals surface area contributed by atoms with Crippen molar-refractivity contribution in [1.29, 1.82) is 0 Å². The smallest absolute Gasteiger partial charge is 0.0568 e. The maximum Gasteiger partial charge on any atom is 0.0568 e. The fourth-order valence-electron chi connectivity index (χ4n) is 9.28. The number of aliphatic hydroxyl groups is 1. The quantitative estimate of drug-likeness (QED) is 0.439.